The lowest BCUT2D eigenvalue weighted by molar-refractivity contribution is -0.143. The predicted octanol–water partition coefficient (Wildman–Crippen LogP) is 5.45. The van der Waals surface area contributed by atoms with Gasteiger partial charge < -0.3 is 9.47 Å². The second-order valence-electron chi connectivity index (χ2n) is 7.85. The Morgan fingerprint density at radius 2 is 1.69 bits per heavy atom. The Morgan fingerprint density at radius 3 is 2.31 bits per heavy atom. The van der Waals surface area contributed by atoms with Crippen LogP contribution in [-0.4, -0.2) is 39.5 Å². The van der Waals surface area contributed by atoms with Crippen LogP contribution in [0.25, 0.3) is 11.1 Å². The third kappa shape index (κ3) is 6.03. The number of sulfonamides is 1. The minimum Gasteiger partial charge on any atom is -0.481 e. The summed E-state index contributed by atoms with van der Waals surface area (Å²) in [5.74, 6) is -1.16. The van der Waals surface area contributed by atoms with E-state index in [0.29, 0.717) is 5.56 Å². The fourth-order valence-corrected chi connectivity index (χ4v) is 4.76. The highest BCUT2D eigenvalue weighted by atomic mass is 32.2. The van der Waals surface area contributed by atoms with Crippen LogP contribution in [0.15, 0.2) is 71.6 Å². The first-order chi connectivity index (χ1) is 16.8. The van der Waals surface area contributed by atoms with Gasteiger partial charge in [-0.05, 0) is 66.6 Å². The number of nitrogens with zero attached hydrogens (tertiary/aromatic N) is 1. The number of hydrogen-bond acceptors (Lipinski definition) is 5. The van der Waals surface area contributed by atoms with E-state index in [-0.39, 0.29) is 21.8 Å². The summed E-state index contributed by atoms with van der Waals surface area (Å²) in [6.07, 6.45) is -4.59. The standard InChI is InChI=1S/C25H23F4NO5S/c1-16(30(2)36(32,33)21-10-8-20(26)9-11-21)17-7-12-23(35-15-24(31)34-3)22(14-17)18-5-4-6-19(13-18)25(27,28)29/h4-14,16H,15H2,1-3H3. The van der Waals surface area contributed by atoms with Crippen molar-refractivity contribution >= 4 is 16.0 Å². The summed E-state index contributed by atoms with van der Waals surface area (Å²) in [4.78, 5) is 11.4. The molecular weight excluding hydrogens is 502 g/mol. The van der Waals surface area contributed by atoms with E-state index in [2.05, 4.69) is 4.74 Å². The number of alkyl halides is 3. The summed E-state index contributed by atoms with van der Waals surface area (Å²) in [5, 5.41) is 0. The number of rotatable bonds is 8. The molecule has 3 aromatic carbocycles. The molecular formula is C25H23F4NO5S. The topological polar surface area (TPSA) is 72.9 Å². The highest BCUT2D eigenvalue weighted by Gasteiger charge is 2.31. The zero-order valence-corrected chi connectivity index (χ0v) is 20.4. The van der Waals surface area contributed by atoms with Crippen LogP contribution in [0, 0.1) is 5.82 Å². The molecule has 0 amide bonds. The van der Waals surface area contributed by atoms with Crippen LogP contribution in [0.4, 0.5) is 17.6 Å². The maximum atomic E-state index is 13.3. The van der Waals surface area contributed by atoms with E-state index in [1.54, 1.807) is 13.0 Å². The van der Waals surface area contributed by atoms with Crippen molar-refractivity contribution in [2.75, 3.05) is 20.8 Å². The molecule has 0 spiro atoms. The number of methoxy groups -OCH3 is 1. The second kappa shape index (κ2) is 10.7. The van der Waals surface area contributed by atoms with Gasteiger partial charge in [-0.2, -0.15) is 17.5 Å². The largest absolute Gasteiger partial charge is 0.481 e. The van der Waals surface area contributed by atoms with Crippen molar-refractivity contribution in [3.8, 4) is 16.9 Å². The maximum Gasteiger partial charge on any atom is 0.416 e. The molecule has 6 nitrogen and oxygen atoms in total. The van der Waals surface area contributed by atoms with Crippen molar-refractivity contribution in [1.82, 2.24) is 4.31 Å². The Kier molecular flexibility index (Phi) is 8.05. The van der Waals surface area contributed by atoms with Gasteiger partial charge in [0.1, 0.15) is 11.6 Å². The van der Waals surface area contributed by atoms with Crippen LogP contribution in [0.5, 0.6) is 5.75 Å². The summed E-state index contributed by atoms with van der Waals surface area (Å²) in [5.41, 5.74) is -0.0564. The van der Waals surface area contributed by atoms with Crippen LogP contribution < -0.4 is 4.74 Å². The van der Waals surface area contributed by atoms with Gasteiger partial charge in [0.15, 0.2) is 6.61 Å². The lowest BCUT2D eigenvalue weighted by atomic mass is 9.97. The molecule has 3 rings (SSSR count). The van der Waals surface area contributed by atoms with E-state index in [9.17, 15) is 30.8 Å². The number of hydrogen-bond donors (Lipinski definition) is 0. The van der Waals surface area contributed by atoms with Gasteiger partial charge in [-0.25, -0.2) is 17.6 Å². The van der Waals surface area contributed by atoms with Crippen molar-refractivity contribution in [3.63, 3.8) is 0 Å². The average Bonchev–Trinajstić information content (AvgIpc) is 2.86. The molecule has 0 saturated heterocycles. The van der Waals surface area contributed by atoms with Gasteiger partial charge in [0.25, 0.3) is 0 Å². The molecule has 1 unspecified atom stereocenters. The summed E-state index contributed by atoms with van der Waals surface area (Å²) in [6, 6.07) is 12.6. The highest BCUT2D eigenvalue weighted by Crippen LogP contribution is 2.38. The highest BCUT2D eigenvalue weighted by molar-refractivity contribution is 7.89. The lowest BCUT2D eigenvalue weighted by Gasteiger charge is -2.25. The van der Waals surface area contributed by atoms with Gasteiger partial charge in [-0.15, -0.1) is 0 Å². The first-order valence-corrected chi connectivity index (χ1v) is 12.0. The first-order valence-electron chi connectivity index (χ1n) is 10.6. The third-order valence-electron chi connectivity index (χ3n) is 5.60. The van der Waals surface area contributed by atoms with Gasteiger partial charge in [-0.3, -0.25) is 0 Å². The maximum absolute atomic E-state index is 13.3. The average molecular weight is 526 g/mol. The lowest BCUT2D eigenvalue weighted by Crippen LogP contribution is -2.29. The van der Waals surface area contributed by atoms with Crippen molar-refractivity contribution in [2.24, 2.45) is 0 Å². The third-order valence-corrected chi connectivity index (χ3v) is 7.54. The molecule has 36 heavy (non-hydrogen) atoms. The molecule has 1 atom stereocenters. The van der Waals surface area contributed by atoms with E-state index in [1.807, 2.05) is 0 Å². The molecule has 0 saturated carbocycles. The number of carbonyl (C=O) groups excluding carboxylic acids is 1. The zero-order chi connectivity index (χ0) is 26.7. The number of halogens is 4. The number of carbonyl (C=O) groups is 1. The molecule has 0 aromatic heterocycles. The molecule has 0 radical (unpaired) electrons. The molecule has 0 aliphatic carbocycles. The van der Waals surface area contributed by atoms with Crippen molar-refractivity contribution in [2.45, 2.75) is 24.0 Å². The van der Waals surface area contributed by atoms with Crippen molar-refractivity contribution in [1.29, 1.82) is 0 Å². The van der Waals surface area contributed by atoms with Crippen molar-refractivity contribution in [3.05, 3.63) is 83.7 Å². The van der Waals surface area contributed by atoms with E-state index < -0.39 is 46.2 Å². The Morgan fingerprint density at radius 1 is 1.03 bits per heavy atom. The van der Waals surface area contributed by atoms with Gasteiger partial charge in [0.05, 0.1) is 17.6 Å². The number of esters is 1. The van der Waals surface area contributed by atoms with Gasteiger partial charge >= 0.3 is 12.1 Å². The minimum atomic E-state index is -4.59. The summed E-state index contributed by atoms with van der Waals surface area (Å²) in [7, 11) is -1.51. The number of benzene rings is 3. The molecule has 0 N–H and O–H groups in total. The molecule has 0 fully saturated rings. The summed E-state index contributed by atoms with van der Waals surface area (Å²) >= 11 is 0. The summed E-state index contributed by atoms with van der Waals surface area (Å²) in [6.45, 7) is 1.12. The van der Waals surface area contributed by atoms with Gasteiger partial charge in [0.2, 0.25) is 10.0 Å². The van der Waals surface area contributed by atoms with Crippen LogP contribution in [0.3, 0.4) is 0 Å². The van der Waals surface area contributed by atoms with Crippen molar-refractivity contribution < 1.29 is 40.2 Å². The monoisotopic (exact) mass is 525 g/mol. The Hall–Kier alpha value is -3.44. The van der Waals surface area contributed by atoms with E-state index in [1.165, 1.54) is 38.4 Å². The molecule has 0 aliphatic heterocycles. The first kappa shape index (κ1) is 27.2. The quantitative estimate of drug-likeness (QED) is 0.289. The second-order valence-corrected chi connectivity index (χ2v) is 9.85. The van der Waals surface area contributed by atoms with E-state index >= 15 is 0 Å². The van der Waals surface area contributed by atoms with Crippen LogP contribution in [-0.2, 0) is 25.7 Å². The predicted molar refractivity (Wildman–Crippen MR) is 124 cm³/mol. The molecule has 0 aliphatic rings. The Labute approximate surface area is 206 Å². The molecule has 3 aromatic rings. The van der Waals surface area contributed by atoms with Gasteiger partial charge in [-0.1, -0.05) is 18.2 Å². The molecule has 0 bridgehead atoms. The number of ether oxygens (including phenoxy) is 2. The Balaban J connectivity index is 2.04. The zero-order valence-electron chi connectivity index (χ0n) is 19.5. The Bertz CT molecular complexity index is 1340. The smallest absolute Gasteiger partial charge is 0.416 e. The SMILES string of the molecule is COC(=O)COc1ccc(C(C)N(C)S(=O)(=O)c2ccc(F)cc2)cc1-c1cccc(C(F)(F)F)c1. The fourth-order valence-electron chi connectivity index (χ4n) is 3.41. The van der Waals surface area contributed by atoms with Crippen LogP contribution in [0.1, 0.15) is 24.1 Å². The van der Waals surface area contributed by atoms with E-state index in [0.717, 1.165) is 40.7 Å². The molecule has 11 heteroatoms. The van der Waals surface area contributed by atoms with Crippen LogP contribution >= 0.6 is 0 Å². The van der Waals surface area contributed by atoms with E-state index in [4.69, 9.17) is 4.74 Å². The normalized spacial score (nSPS) is 12.9. The fraction of sp³-hybridized carbons (Fsp3) is 0.240. The van der Waals surface area contributed by atoms with Gasteiger partial charge in [0, 0.05) is 18.7 Å². The summed E-state index contributed by atoms with van der Waals surface area (Å²) < 4.78 is 90.4. The molecule has 192 valence electrons. The molecule has 0 heterocycles. The minimum absolute atomic E-state index is 0.111. The van der Waals surface area contributed by atoms with Crippen LogP contribution in [0.2, 0.25) is 0 Å².